The highest BCUT2D eigenvalue weighted by Gasteiger charge is 2.31. The average Bonchev–Trinajstić information content (AvgIpc) is 2.13. The number of hydrogen-bond acceptors (Lipinski definition) is 2. The summed E-state index contributed by atoms with van der Waals surface area (Å²) in [6.07, 6.45) is -0.358. The molecular formula is C11H23F3N2. The molecule has 0 saturated carbocycles. The van der Waals surface area contributed by atoms with Crippen LogP contribution in [0.1, 0.15) is 39.5 Å². The topological polar surface area (TPSA) is 29.3 Å². The molecule has 0 atom stereocenters. The van der Waals surface area contributed by atoms with Gasteiger partial charge in [0.25, 0.3) is 0 Å². The zero-order valence-corrected chi connectivity index (χ0v) is 10.2. The number of nitrogens with two attached hydrogens (primary N) is 1. The number of rotatable bonds is 8. The van der Waals surface area contributed by atoms with E-state index in [1.165, 1.54) is 4.90 Å². The van der Waals surface area contributed by atoms with E-state index >= 15 is 0 Å². The number of hydrogen-bond donors (Lipinski definition) is 1. The van der Waals surface area contributed by atoms with Crippen molar-refractivity contribution in [3.63, 3.8) is 0 Å². The third kappa shape index (κ3) is 8.97. The summed E-state index contributed by atoms with van der Waals surface area (Å²) in [5.74, 6) is 0. The van der Waals surface area contributed by atoms with E-state index in [0.29, 0.717) is 13.1 Å². The maximum Gasteiger partial charge on any atom is 0.401 e. The molecule has 0 rings (SSSR count). The molecule has 0 aromatic carbocycles. The lowest BCUT2D eigenvalue weighted by Gasteiger charge is -2.27. The van der Waals surface area contributed by atoms with Gasteiger partial charge in [-0.2, -0.15) is 13.2 Å². The summed E-state index contributed by atoms with van der Waals surface area (Å²) < 4.78 is 36.7. The average molecular weight is 240 g/mol. The molecule has 0 unspecified atom stereocenters. The molecule has 0 aromatic rings. The lowest BCUT2D eigenvalue weighted by molar-refractivity contribution is -0.149. The van der Waals surface area contributed by atoms with Crippen molar-refractivity contribution in [2.45, 2.75) is 51.7 Å². The summed E-state index contributed by atoms with van der Waals surface area (Å²) in [6.45, 7) is 3.97. The van der Waals surface area contributed by atoms with Gasteiger partial charge in [-0.15, -0.1) is 0 Å². The minimum atomic E-state index is -4.10. The summed E-state index contributed by atoms with van der Waals surface area (Å²) in [4.78, 5) is 1.47. The Morgan fingerprint density at radius 1 is 1.06 bits per heavy atom. The van der Waals surface area contributed by atoms with E-state index in [9.17, 15) is 13.2 Å². The molecule has 5 heteroatoms. The van der Waals surface area contributed by atoms with Crippen molar-refractivity contribution >= 4 is 0 Å². The van der Waals surface area contributed by atoms with E-state index in [1.54, 1.807) is 13.8 Å². The molecule has 0 aliphatic heterocycles. The second kappa shape index (κ2) is 7.90. The molecule has 0 radical (unpaired) electrons. The number of halogens is 3. The Morgan fingerprint density at radius 3 is 2.06 bits per heavy atom. The van der Waals surface area contributed by atoms with E-state index in [2.05, 4.69) is 0 Å². The van der Waals surface area contributed by atoms with Crippen molar-refractivity contribution in [1.82, 2.24) is 4.90 Å². The second-order valence-corrected chi connectivity index (χ2v) is 4.38. The molecule has 0 fully saturated rings. The Labute approximate surface area is 96.0 Å². The number of alkyl halides is 3. The van der Waals surface area contributed by atoms with Crippen LogP contribution in [-0.2, 0) is 0 Å². The smallest absolute Gasteiger partial charge is 0.330 e. The van der Waals surface area contributed by atoms with E-state index in [0.717, 1.165) is 25.7 Å². The van der Waals surface area contributed by atoms with Crippen LogP contribution in [0.25, 0.3) is 0 Å². The Kier molecular flexibility index (Phi) is 7.76. The van der Waals surface area contributed by atoms with Crippen LogP contribution in [0.5, 0.6) is 0 Å². The largest absolute Gasteiger partial charge is 0.401 e. The summed E-state index contributed by atoms with van der Waals surface area (Å²) in [5.41, 5.74) is 5.34. The van der Waals surface area contributed by atoms with Gasteiger partial charge in [-0.1, -0.05) is 12.8 Å². The van der Waals surface area contributed by atoms with Crippen LogP contribution in [0.15, 0.2) is 0 Å². The van der Waals surface area contributed by atoms with Gasteiger partial charge in [-0.3, -0.25) is 4.90 Å². The summed E-state index contributed by atoms with van der Waals surface area (Å²) in [7, 11) is 0. The maximum absolute atomic E-state index is 12.2. The van der Waals surface area contributed by atoms with Crippen LogP contribution in [0, 0.1) is 0 Å². The van der Waals surface area contributed by atoms with Crippen molar-refractivity contribution in [2.24, 2.45) is 5.73 Å². The van der Waals surface area contributed by atoms with Crippen molar-refractivity contribution in [3.05, 3.63) is 0 Å². The fourth-order valence-electron chi connectivity index (χ4n) is 1.56. The fourth-order valence-corrected chi connectivity index (χ4v) is 1.56. The minimum Gasteiger partial charge on any atom is -0.330 e. The second-order valence-electron chi connectivity index (χ2n) is 4.38. The Bertz CT molecular complexity index is 169. The van der Waals surface area contributed by atoms with E-state index < -0.39 is 12.7 Å². The zero-order chi connectivity index (χ0) is 12.6. The van der Waals surface area contributed by atoms with E-state index in [4.69, 9.17) is 5.73 Å². The lowest BCUT2D eigenvalue weighted by Crippen LogP contribution is -2.39. The first-order valence-corrected chi connectivity index (χ1v) is 5.87. The normalized spacial score (nSPS) is 12.8. The summed E-state index contributed by atoms with van der Waals surface area (Å²) in [6, 6.07) is -0.0591. The van der Waals surface area contributed by atoms with Gasteiger partial charge in [0.2, 0.25) is 0 Å². The Balaban J connectivity index is 3.78. The van der Waals surface area contributed by atoms with Crippen LogP contribution in [0.2, 0.25) is 0 Å². The van der Waals surface area contributed by atoms with Crippen molar-refractivity contribution in [3.8, 4) is 0 Å². The monoisotopic (exact) mass is 240 g/mol. The van der Waals surface area contributed by atoms with Crippen LogP contribution < -0.4 is 5.73 Å². The first kappa shape index (κ1) is 15.7. The number of unbranched alkanes of at least 4 members (excludes halogenated alkanes) is 3. The van der Waals surface area contributed by atoms with Gasteiger partial charge in [0.05, 0.1) is 6.54 Å². The van der Waals surface area contributed by atoms with Gasteiger partial charge in [0, 0.05) is 6.04 Å². The molecule has 0 saturated heterocycles. The van der Waals surface area contributed by atoms with Crippen molar-refractivity contribution < 1.29 is 13.2 Å². The molecule has 0 aliphatic carbocycles. The summed E-state index contributed by atoms with van der Waals surface area (Å²) in [5, 5.41) is 0. The van der Waals surface area contributed by atoms with Crippen LogP contribution in [0.3, 0.4) is 0 Å². The molecule has 98 valence electrons. The molecule has 0 bridgehead atoms. The third-order valence-electron chi connectivity index (χ3n) is 2.51. The van der Waals surface area contributed by atoms with Gasteiger partial charge in [-0.05, 0) is 39.8 Å². The third-order valence-corrected chi connectivity index (χ3v) is 2.51. The highest BCUT2D eigenvalue weighted by atomic mass is 19.4. The predicted molar refractivity (Wildman–Crippen MR) is 60.3 cm³/mol. The van der Waals surface area contributed by atoms with Crippen molar-refractivity contribution in [1.29, 1.82) is 0 Å². The molecule has 0 amide bonds. The molecule has 2 N–H and O–H groups in total. The minimum absolute atomic E-state index is 0.0591. The SMILES string of the molecule is CC(C)N(CCCCCCN)CC(F)(F)F. The van der Waals surface area contributed by atoms with Gasteiger partial charge in [0.1, 0.15) is 0 Å². The summed E-state index contributed by atoms with van der Waals surface area (Å²) >= 11 is 0. The molecule has 0 aliphatic rings. The van der Waals surface area contributed by atoms with Gasteiger partial charge in [0.15, 0.2) is 0 Å². The maximum atomic E-state index is 12.2. The predicted octanol–water partition coefficient (Wildman–Crippen LogP) is 2.78. The molecule has 2 nitrogen and oxygen atoms in total. The first-order valence-electron chi connectivity index (χ1n) is 5.87. The highest BCUT2D eigenvalue weighted by Crippen LogP contribution is 2.18. The number of nitrogens with zero attached hydrogens (tertiary/aromatic N) is 1. The molecule has 0 spiro atoms. The van der Waals surface area contributed by atoms with Gasteiger partial charge >= 0.3 is 6.18 Å². The molecule has 0 aromatic heterocycles. The lowest BCUT2D eigenvalue weighted by atomic mass is 10.1. The van der Waals surface area contributed by atoms with Gasteiger partial charge in [-0.25, -0.2) is 0 Å². The van der Waals surface area contributed by atoms with E-state index in [1.807, 2.05) is 0 Å². The van der Waals surface area contributed by atoms with E-state index in [-0.39, 0.29) is 6.04 Å². The first-order chi connectivity index (χ1) is 7.37. The van der Waals surface area contributed by atoms with Gasteiger partial charge < -0.3 is 5.73 Å². The standard InChI is InChI=1S/C11H23F3N2/c1-10(2)16(9-11(12,13)14)8-6-4-3-5-7-15/h10H,3-9,15H2,1-2H3. The van der Waals surface area contributed by atoms with Crippen LogP contribution in [0.4, 0.5) is 13.2 Å². The van der Waals surface area contributed by atoms with Crippen molar-refractivity contribution in [2.75, 3.05) is 19.6 Å². The van der Waals surface area contributed by atoms with Crippen LogP contribution in [-0.4, -0.2) is 36.8 Å². The molecule has 16 heavy (non-hydrogen) atoms. The fraction of sp³-hybridized carbons (Fsp3) is 1.00. The van der Waals surface area contributed by atoms with Crippen LogP contribution >= 0.6 is 0 Å². The zero-order valence-electron chi connectivity index (χ0n) is 10.2. The molecule has 0 heterocycles. The highest BCUT2D eigenvalue weighted by molar-refractivity contribution is 4.67. The quantitative estimate of drug-likeness (QED) is 0.661. The molecular weight excluding hydrogens is 217 g/mol. The Hall–Kier alpha value is -0.290. The Morgan fingerprint density at radius 2 is 1.62 bits per heavy atom.